The molecular formula is C14H29NO. The third kappa shape index (κ3) is 4.42. The standard InChI is InChI=1S/C14H29NO/c1-5-6-12(10-15)16-13-7-11(2)8-14(3,4)9-13/h11-13H,5-10,15H2,1-4H3. The first-order valence-corrected chi connectivity index (χ1v) is 6.82. The van der Waals surface area contributed by atoms with Crippen LogP contribution in [0, 0.1) is 11.3 Å². The van der Waals surface area contributed by atoms with E-state index in [2.05, 4.69) is 27.7 Å². The number of hydrogen-bond acceptors (Lipinski definition) is 2. The van der Waals surface area contributed by atoms with Crippen molar-refractivity contribution < 1.29 is 4.74 Å². The first kappa shape index (κ1) is 14.0. The first-order chi connectivity index (χ1) is 7.46. The van der Waals surface area contributed by atoms with Crippen LogP contribution in [0.3, 0.4) is 0 Å². The Morgan fingerprint density at radius 3 is 2.56 bits per heavy atom. The van der Waals surface area contributed by atoms with Crippen molar-refractivity contribution in [3.63, 3.8) is 0 Å². The fourth-order valence-corrected chi connectivity index (χ4v) is 3.20. The highest BCUT2D eigenvalue weighted by molar-refractivity contribution is 4.84. The number of rotatable bonds is 5. The maximum absolute atomic E-state index is 6.16. The summed E-state index contributed by atoms with van der Waals surface area (Å²) in [5, 5.41) is 0. The predicted octanol–water partition coefficient (Wildman–Crippen LogP) is 3.35. The Kier molecular flexibility index (Phi) is 5.26. The highest BCUT2D eigenvalue weighted by Gasteiger charge is 2.33. The van der Waals surface area contributed by atoms with Gasteiger partial charge in [-0.3, -0.25) is 0 Å². The molecule has 0 saturated heterocycles. The summed E-state index contributed by atoms with van der Waals surface area (Å²) in [6.07, 6.45) is 6.69. The molecule has 3 unspecified atom stereocenters. The highest BCUT2D eigenvalue weighted by Crippen LogP contribution is 2.40. The summed E-state index contributed by atoms with van der Waals surface area (Å²) in [5.74, 6) is 0.786. The van der Waals surface area contributed by atoms with Crippen molar-refractivity contribution in [3.8, 4) is 0 Å². The van der Waals surface area contributed by atoms with Crippen molar-refractivity contribution in [3.05, 3.63) is 0 Å². The second-order valence-corrected chi connectivity index (χ2v) is 6.32. The van der Waals surface area contributed by atoms with E-state index < -0.39 is 0 Å². The fourth-order valence-electron chi connectivity index (χ4n) is 3.20. The van der Waals surface area contributed by atoms with E-state index in [-0.39, 0.29) is 6.10 Å². The quantitative estimate of drug-likeness (QED) is 0.781. The Balaban J connectivity index is 2.46. The molecule has 96 valence electrons. The minimum atomic E-state index is 0.274. The van der Waals surface area contributed by atoms with Crippen molar-refractivity contribution in [2.45, 2.75) is 72.0 Å². The molecule has 2 N–H and O–H groups in total. The summed E-state index contributed by atoms with van der Waals surface area (Å²) in [4.78, 5) is 0. The molecule has 3 atom stereocenters. The average Bonchev–Trinajstić information content (AvgIpc) is 2.13. The zero-order chi connectivity index (χ0) is 12.2. The van der Waals surface area contributed by atoms with E-state index in [1.807, 2.05) is 0 Å². The molecule has 0 aromatic rings. The van der Waals surface area contributed by atoms with E-state index in [4.69, 9.17) is 10.5 Å². The van der Waals surface area contributed by atoms with Gasteiger partial charge in [-0.25, -0.2) is 0 Å². The summed E-state index contributed by atoms with van der Waals surface area (Å²) in [6.45, 7) is 9.92. The maximum Gasteiger partial charge on any atom is 0.0700 e. The molecule has 1 fully saturated rings. The fraction of sp³-hybridized carbons (Fsp3) is 1.00. The molecule has 2 nitrogen and oxygen atoms in total. The van der Waals surface area contributed by atoms with Crippen LogP contribution in [0.5, 0.6) is 0 Å². The van der Waals surface area contributed by atoms with Gasteiger partial charge >= 0.3 is 0 Å². The monoisotopic (exact) mass is 227 g/mol. The first-order valence-electron chi connectivity index (χ1n) is 6.82. The summed E-state index contributed by atoms with van der Waals surface area (Å²) >= 11 is 0. The highest BCUT2D eigenvalue weighted by atomic mass is 16.5. The van der Waals surface area contributed by atoms with E-state index >= 15 is 0 Å². The van der Waals surface area contributed by atoms with Crippen LogP contribution in [0.1, 0.15) is 59.8 Å². The molecule has 0 amide bonds. The average molecular weight is 227 g/mol. The van der Waals surface area contributed by atoms with E-state index in [0.29, 0.717) is 18.1 Å². The lowest BCUT2D eigenvalue weighted by atomic mass is 9.71. The molecule has 1 rings (SSSR count). The van der Waals surface area contributed by atoms with Gasteiger partial charge in [0.1, 0.15) is 0 Å². The molecule has 0 aliphatic heterocycles. The lowest BCUT2D eigenvalue weighted by molar-refractivity contribution is -0.0644. The predicted molar refractivity (Wildman–Crippen MR) is 69.4 cm³/mol. The van der Waals surface area contributed by atoms with Crippen LogP contribution in [0.2, 0.25) is 0 Å². The van der Waals surface area contributed by atoms with Crippen LogP contribution in [-0.4, -0.2) is 18.8 Å². The SMILES string of the molecule is CCCC(CN)OC1CC(C)CC(C)(C)C1. The largest absolute Gasteiger partial charge is 0.374 e. The number of hydrogen-bond donors (Lipinski definition) is 1. The lowest BCUT2D eigenvalue weighted by Gasteiger charge is -2.40. The van der Waals surface area contributed by atoms with E-state index in [0.717, 1.165) is 18.8 Å². The minimum Gasteiger partial charge on any atom is -0.374 e. The number of nitrogens with two attached hydrogens (primary N) is 1. The summed E-state index contributed by atoms with van der Waals surface area (Å²) < 4.78 is 6.16. The zero-order valence-electron chi connectivity index (χ0n) is 11.5. The van der Waals surface area contributed by atoms with Crippen LogP contribution >= 0.6 is 0 Å². The topological polar surface area (TPSA) is 35.2 Å². The minimum absolute atomic E-state index is 0.274. The summed E-state index contributed by atoms with van der Waals surface area (Å²) in [7, 11) is 0. The smallest absolute Gasteiger partial charge is 0.0700 e. The summed E-state index contributed by atoms with van der Waals surface area (Å²) in [6, 6.07) is 0. The molecule has 2 heteroatoms. The second-order valence-electron chi connectivity index (χ2n) is 6.32. The maximum atomic E-state index is 6.16. The van der Waals surface area contributed by atoms with Crippen LogP contribution in [-0.2, 0) is 4.74 Å². The zero-order valence-corrected chi connectivity index (χ0v) is 11.5. The van der Waals surface area contributed by atoms with Gasteiger partial charge in [0.15, 0.2) is 0 Å². The Morgan fingerprint density at radius 2 is 2.06 bits per heavy atom. The van der Waals surface area contributed by atoms with Gasteiger partial charge in [0.25, 0.3) is 0 Å². The van der Waals surface area contributed by atoms with Crippen LogP contribution in [0.25, 0.3) is 0 Å². The number of ether oxygens (including phenoxy) is 1. The normalized spacial score (nSPS) is 31.3. The molecular weight excluding hydrogens is 198 g/mol. The van der Waals surface area contributed by atoms with E-state index in [1.54, 1.807) is 0 Å². The molecule has 1 saturated carbocycles. The Bertz CT molecular complexity index is 203. The molecule has 0 aromatic carbocycles. The summed E-state index contributed by atoms with van der Waals surface area (Å²) in [5.41, 5.74) is 6.19. The molecule has 0 aromatic heterocycles. The van der Waals surface area contributed by atoms with Crippen molar-refractivity contribution >= 4 is 0 Å². The van der Waals surface area contributed by atoms with E-state index in [9.17, 15) is 0 Å². The van der Waals surface area contributed by atoms with Crippen molar-refractivity contribution in [2.75, 3.05) is 6.54 Å². The van der Waals surface area contributed by atoms with Gasteiger partial charge in [0, 0.05) is 6.54 Å². The third-order valence-corrected chi connectivity index (χ3v) is 3.61. The molecule has 0 bridgehead atoms. The van der Waals surface area contributed by atoms with Crippen LogP contribution in [0.4, 0.5) is 0 Å². The van der Waals surface area contributed by atoms with Gasteiger partial charge < -0.3 is 10.5 Å². The van der Waals surface area contributed by atoms with Crippen LogP contribution < -0.4 is 5.73 Å². The Hall–Kier alpha value is -0.0800. The molecule has 1 aliphatic carbocycles. The molecule has 0 radical (unpaired) electrons. The van der Waals surface area contributed by atoms with Gasteiger partial charge in [-0.15, -0.1) is 0 Å². The van der Waals surface area contributed by atoms with Crippen molar-refractivity contribution in [1.82, 2.24) is 0 Å². The molecule has 0 spiro atoms. The van der Waals surface area contributed by atoms with Gasteiger partial charge in [0.05, 0.1) is 12.2 Å². The Labute approximate surface area is 101 Å². The van der Waals surface area contributed by atoms with Gasteiger partial charge in [-0.1, -0.05) is 34.1 Å². The van der Waals surface area contributed by atoms with Gasteiger partial charge in [-0.2, -0.15) is 0 Å². The molecule has 1 aliphatic rings. The van der Waals surface area contributed by atoms with Crippen LogP contribution in [0.15, 0.2) is 0 Å². The second kappa shape index (κ2) is 6.02. The van der Waals surface area contributed by atoms with Gasteiger partial charge in [-0.05, 0) is 37.0 Å². The van der Waals surface area contributed by atoms with E-state index in [1.165, 1.54) is 19.3 Å². The molecule has 0 heterocycles. The van der Waals surface area contributed by atoms with Crippen molar-refractivity contribution in [1.29, 1.82) is 0 Å². The lowest BCUT2D eigenvalue weighted by Crippen LogP contribution is -2.37. The molecule has 16 heavy (non-hydrogen) atoms. The third-order valence-electron chi connectivity index (χ3n) is 3.61. The van der Waals surface area contributed by atoms with Crippen molar-refractivity contribution in [2.24, 2.45) is 17.1 Å². The Morgan fingerprint density at radius 1 is 1.38 bits per heavy atom. The van der Waals surface area contributed by atoms with Gasteiger partial charge in [0.2, 0.25) is 0 Å².